The number of carbonyl (C=O) groups excluding carboxylic acids is 2. The second-order valence-corrected chi connectivity index (χ2v) is 11.3. The molecule has 0 aromatic heterocycles. The molecule has 0 spiro atoms. The SMILES string of the molecule is CCCCNC(=O)C(CC)N(CCc1ccccc1)C(=O)CN(c1ccc(C(C)C)cc1)S(C)(=O)=O. The summed E-state index contributed by atoms with van der Waals surface area (Å²) in [7, 11) is -3.73. The van der Waals surface area contributed by atoms with E-state index in [1.807, 2.05) is 56.3 Å². The molecule has 0 radical (unpaired) electrons. The lowest BCUT2D eigenvalue weighted by molar-refractivity contribution is -0.139. The Bertz CT molecular complexity index is 1070. The predicted octanol–water partition coefficient (Wildman–Crippen LogP) is 4.34. The first-order chi connectivity index (χ1) is 17.1. The number of nitrogens with zero attached hydrogens (tertiary/aromatic N) is 2. The van der Waals surface area contributed by atoms with Crippen molar-refractivity contribution in [2.75, 3.05) is 30.2 Å². The van der Waals surface area contributed by atoms with Gasteiger partial charge in [0.25, 0.3) is 0 Å². The number of nitrogens with one attached hydrogen (secondary N) is 1. The van der Waals surface area contributed by atoms with Gasteiger partial charge in [0.1, 0.15) is 12.6 Å². The second-order valence-electron chi connectivity index (χ2n) is 9.41. The molecule has 8 heteroatoms. The number of sulfonamides is 1. The Labute approximate surface area is 216 Å². The molecule has 2 rings (SSSR count). The lowest BCUT2D eigenvalue weighted by atomic mass is 10.0. The summed E-state index contributed by atoms with van der Waals surface area (Å²) in [6.45, 7) is 8.53. The molecule has 2 aromatic rings. The number of hydrogen-bond acceptors (Lipinski definition) is 4. The number of anilines is 1. The van der Waals surface area contributed by atoms with Crippen LogP contribution in [-0.2, 0) is 26.0 Å². The molecule has 0 saturated heterocycles. The maximum Gasteiger partial charge on any atom is 0.244 e. The zero-order valence-corrected chi connectivity index (χ0v) is 23.1. The van der Waals surface area contributed by atoms with Crippen LogP contribution < -0.4 is 9.62 Å². The van der Waals surface area contributed by atoms with Crippen molar-refractivity contribution in [3.8, 4) is 0 Å². The fraction of sp³-hybridized carbons (Fsp3) is 0.500. The van der Waals surface area contributed by atoms with E-state index in [2.05, 4.69) is 19.2 Å². The van der Waals surface area contributed by atoms with Gasteiger partial charge >= 0.3 is 0 Å². The Morgan fingerprint density at radius 1 is 0.972 bits per heavy atom. The molecule has 2 aromatic carbocycles. The number of amides is 2. The Morgan fingerprint density at radius 3 is 2.14 bits per heavy atom. The molecule has 1 N–H and O–H groups in total. The third-order valence-electron chi connectivity index (χ3n) is 6.23. The van der Waals surface area contributed by atoms with E-state index in [9.17, 15) is 18.0 Å². The van der Waals surface area contributed by atoms with Crippen molar-refractivity contribution in [1.29, 1.82) is 0 Å². The van der Waals surface area contributed by atoms with E-state index in [0.717, 1.165) is 34.5 Å². The first-order valence-electron chi connectivity index (χ1n) is 12.8. The highest BCUT2D eigenvalue weighted by Crippen LogP contribution is 2.22. The molecule has 0 aliphatic rings. The minimum Gasteiger partial charge on any atom is -0.354 e. The van der Waals surface area contributed by atoms with Gasteiger partial charge in [0.15, 0.2) is 0 Å². The van der Waals surface area contributed by atoms with Gasteiger partial charge in [0, 0.05) is 13.1 Å². The van der Waals surface area contributed by atoms with E-state index in [1.54, 1.807) is 12.1 Å². The standard InChI is InChI=1S/C28H41N3O4S/c1-6-8-19-29-28(33)26(7-2)30(20-18-23-12-10-9-11-13-23)27(32)21-31(36(5,34)35)25-16-14-24(15-17-25)22(3)4/h9-17,22,26H,6-8,18-21H2,1-5H3,(H,29,33). The lowest BCUT2D eigenvalue weighted by Gasteiger charge is -2.33. The lowest BCUT2D eigenvalue weighted by Crippen LogP contribution is -2.53. The molecular formula is C28H41N3O4S. The van der Waals surface area contributed by atoms with E-state index in [0.29, 0.717) is 37.5 Å². The number of benzene rings is 2. The third-order valence-corrected chi connectivity index (χ3v) is 7.37. The van der Waals surface area contributed by atoms with Crippen molar-refractivity contribution in [2.45, 2.75) is 65.3 Å². The van der Waals surface area contributed by atoms with Crippen LogP contribution in [0.5, 0.6) is 0 Å². The first kappa shape index (κ1) is 29.4. The summed E-state index contributed by atoms with van der Waals surface area (Å²) in [5.41, 5.74) is 2.55. The summed E-state index contributed by atoms with van der Waals surface area (Å²) < 4.78 is 26.5. The average Bonchev–Trinajstić information content (AvgIpc) is 2.85. The van der Waals surface area contributed by atoms with Gasteiger partial charge in [-0.3, -0.25) is 13.9 Å². The maximum atomic E-state index is 13.6. The summed E-state index contributed by atoms with van der Waals surface area (Å²) >= 11 is 0. The Balaban J connectivity index is 2.33. The van der Waals surface area contributed by atoms with E-state index in [-0.39, 0.29) is 12.5 Å². The summed E-state index contributed by atoms with van der Waals surface area (Å²) in [5, 5.41) is 2.94. The van der Waals surface area contributed by atoms with Crippen LogP contribution in [-0.4, -0.2) is 57.1 Å². The van der Waals surface area contributed by atoms with Crippen molar-refractivity contribution in [1.82, 2.24) is 10.2 Å². The van der Waals surface area contributed by atoms with Crippen LogP contribution in [0.25, 0.3) is 0 Å². The highest BCUT2D eigenvalue weighted by molar-refractivity contribution is 7.92. The molecule has 36 heavy (non-hydrogen) atoms. The summed E-state index contributed by atoms with van der Waals surface area (Å²) in [5.74, 6) is -0.307. The second kappa shape index (κ2) is 14.0. The molecule has 1 atom stereocenters. The van der Waals surface area contributed by atoms with Crippen molar-refractivity contribution >= 4 is 27.5 Å². The number of rotatable bonds is 14. The van der Waals surface area contributed by atoms with Crippen LogP contribution in [0.4, 0.5) is 5.69 Å². The van der Waals surface area contributed by atoms with Gasteiger partial charge in [-0.15, -0.1) is 0 Å². The quantitative estimate of drug-likeness (QED) is 0.379. The third kappa shape index (κ3) is 8.66. The minimum absolute atomic E-state index is 0.209. The van der Waals surface area contributed by atoms with Crippen LogP contribution in [0, 0.1) is 0 Å². The fourth-order valence-electron chi connectivity index (χ4n) is 4.04. The van der Waals surface area contributed by atoms with Crippen LogP contribution in [0.2, 0.25) is 0 Å². The molecule has 0 bridgehead atoms. The van der Waals surface area contributed by atoms with Crippen LogP contribution >= 0.6 is 0 Å². The molecule has 7 nitrogen and oxygen atoms in total. The molecule has 1 unspecified atom stereocenters. The zero-order chi connectivity index (χ0) is 26.7. The maximum absolute atomic E-state index is 13.6. The highest BCUT2D eigenvalue weighted by Gasteiger charge is 2.31. The smallest absolute Gasteiger partial charge is 0.244 e. The average molecular weight is 516 g/mol. The minimum atomic E-state index is -3.73. The Hall–Kier alpha value is -2.87. The van der Waals surface area contributed by atoms with Crippen LogP contribution in [0.3, 0.4) is 0 Å². The predicted molar refractivity (Wildman–Crippen MR) is 147 cm³/mol. The number of unbranched alkanes of at least 4 members (excludes halogenated alkanes) is 1. The van der Waals surface area contributed by atoms with Crippen molar-refractivity contribution in [3.05, 3.63) is 65.7 Å². The van der Waals surface area contributed by atoms with Crippen LogP contribution in [0.15, 0.2) is 54.6 Å². The van der Waals surface area contributed by atoms with Crippen LogP contribution in [0.1, 0.15) is 64.0 Å². The van der Waals surface area contributed by atoms with Crippen molar-refractivity contribution in [2.24, 2.45) is 0 Å². The van der Waals surface area contributed by atoms with Gasteiger partial charge in [-0.1, -0.05) is 76.6 Å². The van der Waals surface area contributed by atoms with Crippen molar-refractivity contribution in [3.63, 3.8) is 0 Å². The van der Waals surface area contributed by atoms with E-state index in [4.69, 9.17) is 0 Å². The normalized spacial score (nSPS) is 12.3. The molecule has 0 saturated carbocycles. The van der Waals surface area contributed by atoms with Gasteiger partial charge in [-0.2, -0.15) is 0 Å². The van der Waals surface area contributed by atoms with E-state index >= 15 is 0 Å². The Kier molecular flexibility index (Phi) is 11.4. The van der Waals surface area contributed by atoms with Gasteiger partial charge in [-0.25, -0.2) is 8.42 Å². The summed E-state index contributed by atoms with van der Waals surface area (Å²) in [4.78, 5) is 28.2. The molecule has 198 valence electrons. The Morgan fingerprint density at radius 2 is 1.61 bits per heavy atom. The zero-order valence-electron chi connectivity index (χ0n) is 22.2. The summed E-state index contributed by atoms with van der Waals surface area (Å²) in [6, 6.07) is 16.3. The molecular weight excluding hydrogens is 474 g/mol. The molecule has 0 heterocycles. The topological polar surface area (TPSA) is 86.8 Å². The molecule has 0 aliphatic carbocycles. The van der Waals surface area contributed by atoms with Gasteiger partial charge in [0.2, 0.25) is 21.8 Å². The van der Waals surface area contributed by atoms with Gasteiger partial charge < -0.3 is 10.2 Å². The van der Waals surface area contributed by atoms with Crippen molar-refractivity contribution < 1.29 is 18.0 Å². The molecule has 0 aliphatic heterocycles. The number of carbonyl (C=O) groups is 2. The largest absolute Gasteiger partial charge is 0.354 e. The van der Waals surface area contributed by atoms with Gasteiger partial charge in [-0.05, 0) is 48.4 Å². The first-order valence-corrected chi connectivity index (χ1v) is 14.6. The summed E-state index contributed by atoms with van der Waals surface area (Å²) in [6.07, 6.45) is 3.90. The highest BCUT2D eigenvalue weighted by atomic mass is 32.2. The monoisotopic (exact) mass is 515 g/mol. The fourth-order valence-corrected chi connectivity index (χ4v) is 4.89. The molecule has 2 amide bonds. The van der Waals surface area contributed by atoms with Gasteiger partial charge in [0.05, 0.1) is 11.9 Å². The molecule has 0 fully saturated rings. The van der Waals surface area contributed by atoms with E-state index < -0.39 is 22.0 Å². The number of hydrogen-bond donors (Lipinski definition) is 1. The van der Waals surface area contributed by atoms with E-state index in [1.165, 1.54) is 4.90 Å².